The van der Waals surface area contributed by atoms with Crippen molar-refractivity contribution in [1.29, 1.82) is 0 Å². The molecule has 1 spiro atoms. The van der Waals surface area contributed by atoms with Crippen molar-refractivity contribution < 1.29 is 27.4 Å². The highest BCUT2D eigenvalue weighted by molar-refractivity contribution is 5.93. The van der Waals surface area contributed by atoms with Crippen molar-refractivity contribution in [2.24, 2.45) is 0 Å². The zero-order chi connectivity index (χ0) is 18.8. The van der Waals surface area contributed by atoms with E-state index in [2.05, 4.69) is 5.32 Å². The van der Waals surface area contributed by atoms with Crippen LogP contribution in [0.2, 0.25) is 0 Å². The largest absolute Gasteiger partial charge is 0.418 e. The van der Waals surface area contributed by atoms with E-state index in [1.165, 1.54) is 18.2 Å². The first-order chi connectivity index (χ1) is 12.3. The molecule has 0 unspecified atom stereocenters. The number of ether oxygens (including phenoxy) is 2. The number of anilines is 1. The Morgan fingerprint density at radius 2 is 2.15 bits per heavy atom. The molecule has 0 aromatic heterocycles. The van der Waals surface area contributed by atoms with Crippen molar-refractivity contribution in [1.82, 2.24) is 4.90 Å². The molecule has 8 heteroatoms. The van der Waals surface area contributed by atoms with Crippen LogP contribution in [0, 0.1) is 0 Å². The van der Waals surface area contributed by atoms with Crippen molar-refractivity contribution in [3.63, 3.8) is 0 Å². The van der Waals surface area contributed by atoms with Gasteiger partial charge < -0.3 is 14.8 Å². The molecule has 2 atom stereocenters. The Balaban J connectivity index is 1.61. The number of para-hydroxylation sites is 1. The third kappa shape index (κ3) is 4.02. The van der Waals surface area contributed by atoms with Crippen LogP contribution in [0.4, 0.5) is 18.9 Å². The van der Waals surface area contributed by atoms with Gasteiger partial charge in [0.2, 0.25) is 5.91 Å². The molecule has 0 aliphatic carbocycles. The molecular formula is C18H23F3N2O3. The van der Waals surface area contributed by atoms with Crippen LogP contribution in [-0.4, -0.2) is 55.9 Å². The summed E-state index contributed by atoms with van der Waals surface area (Å²) in [7, 11) is 1.62. The van der Waals surface area contributed by atoms with E-state index in [0.717, 1.165) is 25.3 Å². The van der Waals surface area contributed by atoms with E-state index in [0.29, 0.717) is 19.7 Å². The second kappa shape index (κ2) is 7.54. The fraction of sp³-hybridized carbons (Fsp3) is 0.611. The van der Waals surface area contributed by atoms with Crippen LogP contribution in [0.1, 0.15) is 24.8 Å². The summed E-state index contributed by atoms with van der Waals surface area (Å²) in [5.74, 6) is -0.472. The minimum atomic E-state index is -4.51. The molecule has 1 N–H and O–H groups in total. The van der Waals surface area contributed by atoms with Crippen LogP contribution in [0.3, 0.4) is 0 Å². The Kier molecular flexibility index (Phi) is 5.55. The zero-order valence-corrected chi connectivity index (χ0v) is 14.6. The number of methoxy groups -OCH3 is 1. The molecule has 0 bridgehead atoms. The number of rotatable bonds is 4. The van der Waals surface area contributed by atoms with Gasteiger partial charge in [0.05, 0.1) is 29.5 Å². The number of alkyl halides is 3. The lowest BCUT2D eigenvalue weighted by Gasteiger charge is -2.44. The van der Waals surface area contributed by atoms with Crippen LogP contribution in [0.5, 0.6) is 0 Å². The van der Waals surface area contributed by atoms with Gasteiger partial charge in [-0.25, -0.2) is 0 Å². The molecule has 0 radical (unpaired) electrons. The quantitative estimate of drug-likeness (QED) is 0.883. The van der Waals surface area contributed by atoms with E-state index in [-0.39, 0.29) is 23.9 Å². The van der Waals surface area contributed by atoms with Gasteiger partial charge in [0.25, 0.3) is 0 Å². The van der Waals surface area contributed by atoms with Gasteiger partial charge in [-0.3, -0.25) is 9.69 Å². The second-order valence-corrected chi connectivity index (χ2v) is 6.82. The molecule has 0 saturated carbocycles. The van der Waals surface area contributed by atoms with Gasteiger partial charge in [0.15, 0.2) is 0 Å². The van der Waals surface area contributed by atoms with E-state index in [9.17, 15) is 18.0 Å². The van der Waals surface area contributed by atoms with Gasteiger partial charge in [-0.2, -0.15) is 13.2 Å². The summed E-state index contributed by atoms with van der Waals surface area (Å²) in [5, 5.41) is 2.39. The SMILES string of the molecule is CO[C@H]1CN(CC(=O)Nc2ccccc2C(F)(F)F)CC[C@@]12CCCO2. The Morgan fingerprint density at radius 1 is 1.38 bits per heavy atom. The lowest BCUT2D eigenvalue weighted by Crippen LogP contribution is -2.57. The summed E-state index contributed by atoms with van der Waals surface area (Å²) in [6, 6.07) is 4.98. The molecule has 26 heavy (non-hydrogen) atoms. The third-order valence-corrected chi connectivity index (χ3v) is 5.15. The van der Waals surface area contributed by atoms with E-state index >= 15 is 0 Å². The Bertz CT molecular complexity index is 645. The fourth-order valence-corrected chi connectivity index (χ4v) is 3.84. The molecule has 2 aliphatic heterocycles. The maximum Gasteiger partial charge on any atom is 0.418 e. The second-order valence-electron chi connectivity index (χ2n) is 6.82. The summed E-state index contributed by atoms with van der Waals surface area (Å²) in [5.41, 5.74) is -1.36. The zero-order valence-electron chi connectivity index (χ0n) is 14.6. The maximum absolute atomic E-state index is 13.0. The third-order valence-electron chi connectivity index (χ3n) is 5.15. The molecule has 1 aromatic carbocycles. The van der Waals surface area contributed by atoms with Crippen molar-refractivity contribution in [3.05, 3.63) is 29.8 Å². The summed E-state index contributed by atoms with van der Waals surface area (Å²) in [6.45, 7) is 1.90. The normalized spacial score (nSPS) is 27.0. The lowest BCUT2D eigenvalue weighted by molar-refractivity contribution is -0.145. The van der Waals surface area contributed by atoms with Gasteiger partial charge in [-0.15, -0.1) is 0 Å². The maximum atomic E-state index is 13.0. The van der Waals surface area contributed by atoms with Gasteiger partial charge in [0.1, 0.15) is 0 Å². The summed E-state index contributed by atoms with van der Waals surface area (Å²) in [4.78, 5) is 14.2. The highest BCUT2D eigenvalue weighted by Crippen LogP contribution is 2.37. The first kappa shape index (κ1) is 19.1. The molecule has 2 fully saturated rings. The molecule has 3 rings (SSSR count). The summed E-state index contributed by atoms with van der Waals surface area (Å²) >= 11 is 0. The first-order valence-corrected chi connectivity index (χ1v) is 8.69. The van der Waals surface area contributed by atoms with Crippen molar-refractivity contribution in [2.45, 2.75) is 37.1 Å². The van der Waals surface area contributed by atoms with Crippen LogP contribution in [-0.2, 0) is 20.4 Å². The molecule has 2 saturated heterocycles. The van der Waals surface area contributed by atoms with Crippen molar-refractivity contribution >= 4 is 11.6 Å². The van der Waals surface area contributed by atoms with Gasteiger partial charge in [-0.05, 0) is 31.4 Å². The highest BCUT2D eigenvalue weighted by atomic mass is 19.4. The molecule has 1 amide bonds. The van der Waals surface area contributed by atoms with E-state index < -0.39 is 17.6 Å². The fourth-order valence-electron chi connectivity index (χ4n) is 3.84. The molecule has 5 nitrogen and oxygen atoms in total. The predicted octanol–water partition coefficient (Wildman–Crippen LogP) is 2.91. The number of hydrogen-bond donors (Lipinski definition) is 1. The van der Waals surface area contributed by atoms with Gasteiger partial charge in [0, 0.05) is 26.8 Å². The van der Waals surface area contributed by atoms with Crippen molar-refractivity contribution in [3.8, 4) is 0 Å². The van der Waals surface area contributed by atoms with Crippen LogP contribution >= 0.6 is 0 Å². The Labute approximate surface area is 150 Å². The standard InChI is InChI=1S/C18H23F3N2O3/c1-25-15-11-23(9-8-17(15)7-4-10-26-17)12-16(24)22-14-6-3-2-5-13(14)18(19,20)21/h2-3,5-6,15H,4,7-12H2,1H3,(H,22,24)/t15-,17-/m0/s1. The van der Waals surface area contributed by atoms with E-state index in [4.69, 9.17) is 9.47 Å². The van der Waals surface area contributed by atoms with Crippen LogP contribution < -0.4 is 5.32 Å². The van der Waals surface area contributed by atoms with E-state index in [1.54, 1.807) is 7.11 Å². The number of halogens is 3. The van der Waals surface area contributed by atoms with Crippen molar-refractivity contribution in [2.75, 3.05) is 38.7 Å². The average Bonchev–Trinajstić information content (AvgIpc) is 3.05. The Morgan fingerprint density at radius 3 is 2.81 bits per heavy atom. The highest BCUT2D eigenvalue weighted by Gasteiger charge is 2.46. The number of hydrogen-bond acceptors (Lipinski definition) is 4. The molecule has 2 aliphatic rings. The minimum Gasteiger partial charge on any atom is -0.377 e. The molecular weight excluding hydrogens is 349 g/mol. The van der Waals surface area contributed by atoms with E-state index in [1.807, 2.05) is 4.90 Å². The molecule has 2 heterocycles. The van der Waals surface area contributed by atoms with Crippen LogP contribution in [0.25, 0.3) is 0 Å². The number of likely N-dealkylation sites (tertiary alicyclic amines) is 1. The summed E-state index contributed by atoms with van der Waals surface area (Å²) in [6.07, 6.45) is -1.98. The van der Waals surface area contributed by atoms with Gasteiger partial charge >= 0.3 is 6.18 Å². The monoisotopic (exact) mass is 372 g/mol. The van der Waals surface area contributed by atoms with Crippen LogP contribution in [0.15, 0.2) is 24.3 Å². The number of nitrogens with one attached hydrogen (secondary N) is 1. The summed E-state index contributed by atoms with van der Waals surface area (Å²) < 4.78 is 50.6. The lowest BCUT2D eigenvalue weighted by atomic mass is 9.86. The Hall–Kier alpha value is -1.64. The molecule has 1 aromatic rings. The average molecular weight is 372 g/mol. The van der Waals surface area contributed by atoms with Gasteiger partial charge in [-0.1, -0.05) is 12.1 Å². The number of benzene rings is 1. The number of carbonyl (C=O) groups excluding carboxylic acids is 1. The molecule has 144 valence electrons. The number of amides is 1. The topological polar surface area (TPSA) is 50.8 Å². The smallest absolute Gasteiger partial charge is 0.377 e. The minimum absolute atomic E-state index is 0.0160. The first-order valence-electron chi connectivity index (χ1n) is 8.69. The predicted molar refractivity (Wildman–Crippen MR) is 89.8 cm³/mol. The number of piperidine rings is 1. The number of nitrogens with zero attached hydrogens (tertiary/aromatic N) is 1. The number of carbonyl (C=O) groups is 1.